The average molecular weight is 197 g/mol. The molecule has 0 aliphatic heterocycles. The number of nitrogens with one attached hydrogen (secondary N) is 1. The maximum Gasteiger partial charge on any atom is 0.0945 e. The fourth-order valence-corrected chi connectivity index (χ4v) is 1.04. The molecule has 1 heterocycles. The summed E-state index contributed by atoms with van der Waals surface area (Å²) in [6.45, 7) is 0.724. The van der Waals surface area contributed by atoms with Crippen LogP contribution < -0.4 is 11.1 Å². The highest BCUT2D eigenvalue weighted by atomic mass is 16.5. The lowest BCUT2D eigenvalue weighted by molar-refractivity contribution is 0.0727. The van der Waals surface area contributed by atoms with Gasteiger partial charge in [-0.1, -0.05) is 0 Å². The number of nitrogens with zero attached hydrogens (tertiary/aromatic N) is 1. The molecule has 0 aliphatic carbocycles. The zero-order chi connectivity index (χ0) is 10.4. The molecule has 0 aromatic carbocycles. The number of aliphatic hydroxyl groups excluding tert-OH is 1. The molecule has 0 spiro atoms. The zero-order valence-electron chi connectivity index (χ0n) is 8.10. The largest absolute Gasteiger partial charge is 0.397 e. The fourth-order valence-electron chi connectivity index (χ4n) is 1.04. The van der Waals surface area contributed by atoms with E-state index in [1.807, 2.05) is 0 Å². The highest BCUT2D eigenvalue weighted by Crippen LogP contribution is 2.08. The number of aromatic nitrogens is 1. The van der Waals surface area contributed by atoms with Crippen molar-refractivity contribution in [2.75, 3.05) is 31.3 Å². The summed E-state index contributed by atoms with van der Waals surface area (Å²) in [4.78, 5) is 3.91. The van der Waals surface area contributed by atoms with Crippen molar-refractivity contribution in [3.05, 3.63) is 18.5 Å². The van der Waals surface area contributed by atoms with Crippen molar-refractivity contribution in [3.8, 4) is 0 Å². The third-order valence-electron chi connectivity index (χ3n) is 1.66. The van der Waals surface area contributed by atoms with Crippen LogP contribution in [0, 0.1) is 0 Å². The third kappa shape index (κ3) is 3.59. The van der Waals surface area contributed by atoms with Gasteiger partial charge >= 0.3 is 0 Å². The number of pyridine rings is 1. The van der Waals surface area contributed by atoms with E-state index in [-0.39, 0.29) is 0 Å². The third-order valence-corrected chi connectivity index (χ3v) is 1.66. The van der Waals surface area contributed by atoms with Gasteiger partial charge in [0, 0.05) is 19.9 Å². The summed E-state index contributed by atoms with van der Waals surface area (Å²) < 4.78 is 4.79. The van der Waals surface area contributed by atoms with E-state index >= 15 is 0 Å². The van der Waals surface area contributed by atoms with E-state index in [0.29, 0.717) is 18.8 Å². The molecule has 0 radical (unpaired) electrons. The summed E-state index contributed by atoms with van der Waals surface area (Å²) >= 11 is 0. The number of rotatable bonds is 5. The Kier molecular flexibility index (Phi) is 4.15. The molecule has 5 nitrogen and oxygen atoms in total. The summed E-state index contributed by atoms with van der Waals surface area (Å²) in [5, 5.41) is 12.3. The Balaban J connectivity index is 2.37. The van der Waals surface area contributed by atoms with Crippen LogP contribution in [0.2, 0.25) is 0 Å². The summed E-state index contributed by atoms with van der Waals surface area (Å²) in [7, 11) is 1.55. The smallest absolute Gasteiger partial charge is 0.0945 e. The Hall–Kier alpha value is -1.33. The van der Waals surface area contributed by atoms with Gasteiger partial charge in [0.15, 0.2) is 0 Å². The number of methoxy groups -OCH3 is 1. The first-order valence-electron chi connectivity index (χ1n) is 4.33. The number of hydrogen-bond donors (Lipinski definition) is 3. The average Bonchev–Trinajstić information content (AvgIpc) is 2.15. The minimum absolute atomic E-state index is 0.308. The monoisotopic (exact) mass is 197 g/mol. The Bertz CT molecular complexity index is 281. The van der Waals surface area contributed by atoms with Crippen LogP contribution in [0.3, 0.4) is 0 Å². The minimum Gasteiger partial charge on any atom is -0.397 e. The Morgan fingerprint density at radius 2 is 2.43 bits per heavy atom. The van der Waals surface area contributed by atoms with Crippen molar-refractivity contribution in [2.24, 2.45) is 0 Å². The number of nitrogen functional groups attached to an aromatic ring is 1. The molecular weight excluding hydrogens is 182 g/mol. The number of ether oxygens (including phenoxy) is 1. The van der Waals surface area contributed by atoms with Crippen molar-refractivity contribution >= 4 is 11.4 Å². The SMILES string of the molecule is COCC(O)CNc1cncc(N)c1. The molecule has 1 atom stereocenters. The van der Waals surface area contributed by atoms with E-state index in [1.165, 1.54) is 0 Å². The highest BCUT2D eigenvalue weighted by molar-refractivity contribution is 5.51. The fraction of sp³-hybridized carbons (Fsp3) is 0.444. The zero-order valence-corrected chi connectivity index (χ0v) is 8.10. The number of aliphatic hydroxyl groups is 1. The van der Waals surface area contributed by atoms with Gasteiger partial charge in [-0.15, -0.1) is 0 Å². The van der Waals surface area contributed by atoms with Crippen LogP contribution in [0.25, 0.3) is 0 Å². The number of anilines is 2. The molecule has 0 saturated heterocycles. The number of hydrogen-bond acceptors (Lipinski definition) is 5. The summed E-state index contributed by atoms with van der Waals surface area (Å²) in [6, 6.07) is 1.76. The van der Waals surface area contributed by atoms with Gasteiger partial charge in [-0.2, -0.15) is 0 Å². The van der Waals surface area contributed by atoms with Gasteiger partial charge in [0.1, 0.15) is 0 Å². The first kappa shape index (κ1) is 10.7. The second-order valence-electron chi connectivity index (χ2n) is 3.00. The maximum atomic E-state index is 9.34. The number of nitrogens with two attached hydrogens (primary N) is 1. The second kappa shape index (κ2) is 5.41. The van der Waals surface area contributed by atoms with Crippen LogP contribution >= 0.6 is 0 Å². The lowest BCUT2D eigenvalue weighted by Gasteiger charge is -2.11. The molecule has 1 aromatic rings. The Labute approximate surface area is 82.9 Å². The topological polar surface area (TPSA) is 80.4 Å². The van der Waals surface area contributed by atoms with Crippen molar-refractivity contribution in [1.82, 2.24) is 4.98 Å². The van der Waals surface area contributed by atoms with Gasteiger partial charge in [-0.3, -0.25) is 4.98 Å². The van der Waals surface area contributed by atoms with Crippen LogP contribution in [0.15, 0.2) is 18.5 Å². The molecule has 78 valence electrons. The molecule has 0 amide bonds. The van der Waals surface area contributed by atoms with E-state index in [2.05, 4.69) is 10.3 Å². The lowest BCUT2D eigenvalue weighted by atomic mass is 10.3. The molecule has 4 N–H and O–H groups in total. The van der Waals surface area contributed by atoms with Crippen LogP contribution in [0.4, 0.5) is 11.4 Å². The molecular formula is C9H15N3O2. The maximum absolute atomic E-state index is 9.34. The van der Waals surface area contributed by atoms with E-state index in [4.69, 9.17) is 10.5 Å². The van der Waals surface area contributed by atoms with Crippen LogP contribution in [0.5, 0.6) is 0 Å². The predicted molar refractivity (Wildman–Crippen MR) is 55.0 cm³/mol. The van der Waals surface area contributed by atoms with Gasteiger partial charge in [0.25, 0.3) is 0 Å². The first-order valence-corrected chi connectivity index (χ1v) is 4.33. The Morgan fingerprint density at radius 3 is 3.07 bits per heavy atom. The minimum atomic E-state index is -0.526. The van der Waals surface area contributed by atoms with Crippen LogP contribution in [0.1, 0.15) is 0 Å². The van der Waals surface area contributed by atoms with Crippen molar-refractivity contribution in [1.29, 1.82) is 0 Å². The standard InChI is InChI=1S/C9H15N3O2/c1-14-6-9(13)5-12-8-2-7(10)3-11-4-8/h2-4,9,12-13H,5-6,10H2,1H3. The molecule has 1 unspecified atom stereocenters. The first-order chi connectivity index (χ1) is 6.72. The van der Waals surface area contributed by atoms with Gasteiger partial charge in [-0.25, -0.2) is 0 Å². The summed E-state index contributed by atoms with van der Waals surface area (Å²) in [5.41, 5.74) is 6.92. The van der Waals surface area contributed by atoms with E-state index in [0.717, 1.165) is 5.69 Å². The summed E-state index contributed by atoms with van der Waals surface area (Å²) in [6.07, 6.45) is 2.69. The van der Waals surface area contributed by atoms with Crippen LogP contribution in [-0.4, -0.2) is 36.5 Å². The summed E-state index contributed by atoms with van der Waals surface area (Å²) in [5.74, 6) is 0. The van der Waals surface area contributed by atoms with Gasteiger partial charge in [0.05, 0.1) is 30.3 Å². The molecule has 14 heavy (non-hydrogen) atoms. The van der Waals surface area contributed by atoms with Crippen LogP contribution in [-0.2, 0) is 4.74 Å². The van der Waals surface area contributed by atoms with Crippen molar-refractivity contribution in [3.63, 3.8) is 0 Å². The van der Waals surface area contributed by atoms with Gasteiger partial charge < -0.3 is 20.9 Å². The van der Waals surface area contributed by atoms with E-state index < -0.39 is 6.10 Å². The predicted octanol–water partition coefficient (Wildman–Crippen LogP) is 0.0830. The molecule has 5 heteroatoms. The normalized spacial score (nSPS) is 12.4. The van der Waals surface area contributed by atoms with Crippen molar-refractivity contribution in [2.45, 2.75) is 6.10 Å². The molecule has 1 aromatic heterocycles. The van der Waals surface area contributed by atoms with Gasteiger partial charge in [-0.05, 0) is 6.07 Å². The molecule has 0 aliphatic rings. The molecule has 0 fully saturated rings. The molecule has 0 bridgehead atoms. The van der Waals surface area contributed by atoms with E-state index in [1.54, 1.807) is 25.6 Å². The quantitative estimate of drug-likeness (QED) is 0.623. The highest BCUT2D eigenvalue weighted by Gasteiger charge is 2.02. The van der Waals surface area contributed by atoms with Crippen molar-refractivity contribution < 1.29 is 9.84 Å². The Morgan fingerprint density at radius 1 is 1.64 bits per heavy atom. The lowest BCUT2D eigenvalue weighted by Crippen LogP contribution is -2.24. The molecule has 1 rings (SSSR count). The van der Waals surface area contributed by atoms with E-state index in [9.17, 15) is 5.11 Å². The second-order valence-corrected chi connectivity index (χ2v) is 3.00. The van der Waals surface area contributed by atoms with Gasteiger partial charge in [0.2, 0.25) is 0 Å². The molecule has 0 saturated carbocycles.